The first-order valence-corrected chi connectivity index (χ1v) is 6.25. The van der Waals surface area contributed by atoms with Crippen molar-refractivity contribution in [3.8, 4) is 0 Å². The molecule has 0 bridgehead atoms. The van der Waals surface area contributed by atoms with Crippen LogP contribution in [-0.4, -0.2) is 11.1 Å². The van der Waals surface area contributed by atoms with Gasteiger partial charge in [-0.2, -0.15) is 0 Å². The van der Waals surface area contributed by atoms with Crippen LogP contribution in [0.3, 0.4) is 0 Å². The van der Waals surface area contributed by atoms with Gasteiger partial charge in [-0.25, -0.2) is 4.79 Å². The number of hydrogen-bond acceptors (Lipinski definition) is 1. The van der Waals surface area contributed by atoms with E-state index in [4.69, 9.17) is 5.11 Å². The molecule has 0 heterocycles. The van der Waals surface area contributed by atoms with Gasteiger partial charge in [0.15, 0.2) is 0 Å². The minimum absolute atomic E-state index is 0.902. The Bertz CT molecular complexity index is 229. The predicted octanol–water partition coefficient (Wildman–Crippen LogP) is 4.32. The smallest absolute Gasteiger partial charge is 0.328 e. The summed E-state index contributed by atoms with van der Waals surface area (Å²) in [7, 11) is 0. The normalized spacial score (nSPS) is 10.8. The molecule has 2 heteroatoms. The Morgan fingerprint density at radius 3 is 2.19 bits per heavy atom. The summed E-state index contributed by atoms with van der Waals surface area (Å²) in [5.41, 5.74) is 0.913. The van der Waals surface area contributed by atoms with E-state index in [2.05, 4.69) is 13.5 Å². The van der Waals surface area contributed by atoms with E-state index >= 15 is 0 Å². The second-order valence-corrected chi connectivity index (χ2v) is 4.20. The van der Waals surface area contributed by atoms with Gasteiger partial charge in [0.1, 0.15) is 0 Å². The van der Waals surface area contributed by atoms with Crippen LogP contribution >= 0.6 is 0 Å². The number of aliphatic carboxylic acids is 1. The zero-order chi connectivity index (χ0) is 12.2. The molecule has 0 spiro atoms. The van der Waals surface area contributed by atoms with E-state index in [1.54, 1.807) is 6.08 Å². The van der Waals surface area contributed by atoms with Crippen molar-refractivity contribution in [2.75, 3.05) is 0 Å². The molecule has 0 aliphatic heterocycles. The average molecular weight is 224 g/mol. The van der Waals surface area contributed by atoms with Crippen LogP contribution in [-0.2, 0) is 4.79 Å². The van der Waals surface area contributed by atoms with Crippen molar-refractivity contribution < 1.29 is 9.90 Å². The van der Waals surface area contributed by atoms with Crippen molar-refractivity contribution in [2.45, 2.75) is 58.3 Å². The van der Waals surface area contributed by atoms with E-state index in [1.165, 1.54) is 38.5 Å². The fourth-order valence-electron chi connectivity index (χ4n) is 1.58. The standard InChI is InChI=1S/C14H24O2/c1-3-4-5-6-7-8-9-10-13(2)11-12-14(15)16/h11-12H,2-10H2,1H3,(H,15,16). The third kappa shape index (κ3) is 11.0. The highest BCUT2D eigenvalue weighted by Crippen LogP contribution is 2.11. The van der Waals surface area contributed by atoms with Crippen LogP contribution in [0.15, 0.2) is 24.3 Å². The summed E-state index contributed by atoms with van der Waals surface area (Å²) >= 11 is 0. The van der Waals surface area contributed by atoms with Crippen molar-refractivity contribution in [3.05, 3.63) is 24.3 Å². The molecule has 1 N–H and O–H groups in total. The Balaban J connectivity index is 3.31. The Labute approximate surface area is 99.1 Å². The molecular weight excluding hydrogens is 200 g/mol. The molecule has 92 valence electrons. The van der Waals surface area contributed by atoms with E-state index in [9.17, 15) is 4.79 Å². The zero-order valence-corrected chi connectivity index (χ0v) is 10.4. The number of carboxylic acids is 1. The van der Waals surface area contributed by atoms with Gasteiger partial charge >= 0.3 is 5.97 Å². The molecule has 0 radical (unpaired) electrons. The van der Waals surface area contributed by atoms with Gasteiger partial charge < -0.3 is 5.11 Å². The van der Waals surface area contributed by atoms with Crippen molar-refractivity contribution >= 4 is 5.97 Å². The summed E-state index contributed by atoms with van der Waals surface area (Å²) in [4.78, 5) is 10.3. The first-order valence-electron chi connectivity index (χ1n) is 6.25. The maximum absolute atomic E-state index is 10.3. The maximum atomic E-state index is 10.3. The second-order valence-electron chi connectivity index (χ2n) is 4.20. The van der Waals surface area contributed by atoms with E-state index in [0.29, 0.717) is 0 Å². The summed E-state index contributed by atoms with van der Waals surface area (Å²) in [5.74, 6) is -0.902. The topological polar surface area (TPSA) is 37.3 Å². The van der Waals surface area contributed by atoms with Gasteiger partial charge in [0.25, 0.3) is 0 Å². The quantitative estimate of drug-likeness (QED) is 0.341. The molecule has 2 nitrogen and oxygen atoms in total. The molecule has 0 saturated carbocycles. The number of unbranched alkanes of at least 4 members (excludes halogenated alkanes) is 6. The SMILES string of the molecule is C=C(C=CC(=O)O)CCCCCCCCC. The monoisotopic (exact) mass is 224 g/mol. The largest absolute Gasteiger partial charge is 0.478 e. The first-order chi connectivity index (χ1) is 7.66. The Hall–Kier alpha value is -1.05. The molecule has 0 saturated heterocycles. The van der Waals surface area contributed by atoms with E-state index in [-0.39, 0.29) is 0 Å². The predicted molar refractivity (Wildman–Crippen MR) is 68.5 cm³/mol. The lowest BCUT2D eigenvalue weighted by molar-refractivity contribution is -0.131. The van der Waals surface area contributed by atoms with Crippen LogP contribution in [0.5, 0.6) is 0 Å². The van der Waals surface area contributed by atoms with Crippen LogP contribution in [0.25, 0.3) is 0 Å². The Kier molecular flexibility index (Phi) is 9.78. The van der Waals surface area contributed by atoms with Crippen molar-refractivity contribution in [1.82, 2.24) is 0 Å². The summed E-state index contributed by atoms with van der Waals surface area (Å²) in [6, 6.07) is 0. The number of rotatable bonds is 10. The van der Waals surface area contributed by atoms with Gasteiger partial charge in [0.2, 0.25) is 0 Å². The third-order valence-corrected chi connectivity index (χ3v) is 2.56. The van der Waals surface area contributed by atoms with Gasteiger partial charge in [-0.1, -0.05) is 63.7 Å². The van der Waals surface area contributed by atoms with Gasteiger partial charge in [-0.3, -0.25) is 0 Å². The van der Waals surface area contributed by atoms with Gasteiger partial charge in [0, 0.05) is 6.08 Å². The van der Waals surface area contributed by atoms with Gasteiger partial charge in [0.05, 0.1) is 0 Å². The highest BCUT2D eigenvalue weighted by atomic mass is 16.4. The Morgan fingerprint density at radius 2 is 1.62 bits per heavy atom. The molecule has 16 heavy (non-hydrogen) atoms. The van der Waals surface area contributed by atoms with Crippen LogP contribution < -0.4 is 0 Å². The van der Waals surface area contributed by atoms with Crippen molar-refractivity contribution in [2.24, 2.45) is 0 Å². The second kappa shape index (κ2) is 10.5. The summed E-state index contributed by atoms with van der Waals surface area (Å²) in [5, 5.41) is 8.43. The minimum Gasteiger partial charge on any atom is -0.478 e. The molecule has 0 amide bonds. The molecular formula is C14H24O2. The lowest BCUT2D eigenvalue weighted by atomic mass is 10.1. The molecule has 0 aromatic carbocycles. The molecule has 0 fully saturated rings. The van der Waals surface area contributed by atoms with Crippen LogP contribution in [0.4, 0.5) is 0 Å². The Morgan fingerprint density at radius 1 is 1.06 bits per heavy atom. The zero-order valence-electron chi connectivity index (χ0n) is 10.4. The number of carbonyl (C=O) groups is 1. The van der Waals surface area contributed by atoms with Crippen molar-refractivity contribution in [1.29, 1.82) is 0 Å². The van der Waals surface area contributed by atoms with Crippen LogP contribution in [0, 0.1) is 0 Å². The lowest BCUT2D eigenvalue weighted by Crippen LogP contribution is -1.87. The van der Waals surface area contributed by atoms with Crippen molar-refractivity contribution in [3.63, 3.8) is 0 Å². The number of hydrogen-bond donors (Lipinski definition) is 1. The van der Waals surface area contributed by atoms with E-state index in [0.717, 1.165) is 24.5 Å². The first kappa shape index (κ1) is 14.9. The maximum Gasteiger partial charge on any atom is 0.328 e. The summed E-state index contributed by atoms with van der Waals surface area (Å²) < 4.78 is 0. The third-order valence-electron chi connectivity index (χ3n) is 2.56. The van der Waals surface area contributed by atoms with Gasteiger partial charge in [-0.15, -0.1) is 0 Å². The average Bonchev–Trinajstić information content (AvgIpc) is 2.25. The highest BCUT2D eigenvalue weighted by molar-refractivity contribution is 5.80. The minimum atomic E-state index is -0.902. The van der Waals surface area contributed by atoms with Crippen LogP contribution in [0.1, 0.15) is 58.3 Å². The molecule has 0 aliphatic carbocycles. The molecule has 0 aromatic heterocycles. The van der Waals surface area contributed by atoms with E-state index < -0.39 is 5.97 Å². The molecule has 0 rings (SSSR count). The summed E-state index contributed by atoms with van der Waals surface area (Å²) in [6.07, 6.45) is 12.6. The molecule has 0 aromatic rings. The lowest BCUT2D eigenvalue weighted by Gasteiger charge is -2.01. The number of allylic oxidation sites excluding steroid dienone is 2. The number of carboxylic acid groups (broad SMARTS) is 1. The van der Waals surface area contributed by atoms with Crippen LogP contribution in [0.2, 0.25) is 0 Å². The highest BCUT2D eigenvalue weighted by Gasteiger charge is 1.93. The van der Waals surface area contributed by atoms with E-state index in [1.807, 2.05) is 0 Å². The molecule has 0 unspecified atom stereocenters. The summed E-state index contributed by atoms with van der Waals surface area (Å²) in [6.45, 7) is 6.04. The fourth-order valence-corrected chi connectivity index (χ4v) is 1.58. The molecule has 0 aliphatic rings. The van der Waals surface area contributed by atoms with Gasteiger partial charge in [-0.05, 0) is 12.8 Å². The molecule has 0 atom stereocenters. The fraction of sp³-hybridized carbons (Fsp3) is 0.643.